The van der Waals surface area contributed by atoms with Gasteiger partial charge in [0.05, 0.1) is 6.54 Å². The summed E-state index contributed by atoms with van der Waals surface area (Å²) in [4.78, 5) is 15.2. The highest BCUT2D eigenvalue weighted by Crippen LogP contribution is 2.27. The van der Waals surface area contributed by atoms with Crippen LogP contribution in [0.25, 0.3) is 17.0 Å². The van der Waals surface area contributed by atoms with E-state index in [2.05, 4.69) is 6.92 Å². The molecule has 3 rings (SSSR count). The number of hydrogen-bond donors (Lipinski definition) is 0. The average molecular weight is 325 g/mol. The number of para-hydroxylation sites is 1. The molecule has 1 amide bonds. The molecule has 0 fully saturated rings. The standard InChI is InChI=1S/C19H19NO2S/c1-3-17-16(15-8-4-5-9-18(15)22-17)10-11-19(21)20(2)13-14-7-6-12-23-14/h4-12H,3,13H2,1-2H3. The van der Waals surface area contributed by atoms with Gasteiger partial charge < -0.3 is 9.32 Å². The van der Waals surface area contributed by atoms with Crippen LogP contribution in [0.2, 0.25) is 0 Å². The Balaban J connectivity index is 1.80. The van der Waals surface area contributed by atoms with Gasteiger partial charge in [0.25, 0.3) is 0 Å². The van der Waals surface area contributed by atoms with E-state index in [1.54, 1.807) is 22.3 Å². The zero-order valence-electron chi connectivity index (χ0n) is 13.3. The average Bonchev–Trinajstić information content (AvgIpc) is 3.19. The summed E-state index contributed by atoms with van der Waals surface area (Å²) < 4.78 is 5.85. The van der Waals surface area contributed by atoms with Gasteiger partial charge in [-0.05, 0) is 23.6 Å². The number of furan rings is 1. The lowest BCUT2D eigenvalue weighted by Gasteiger charge is -2.13. The monoisotopic (exact) mass is 325 g/mol. The van der Waals surface area contributed by atoms with E-state index >= 15 is 0 Å². The summed E-state index contributed by atoms with van der Waals surface area (Å²) in [6, 6.07) is 12.0. The van der Waals surface area contributed by atoms with Crippen molar-refractivity contribution < 1.29 is 9.21 Å². The molecule has 0 spiro atoms. The predicted octanol–water partition coefficient (Wildman–Crippen LogP) is 4.73. The molecule has 0 bridgehead atoms. The molecule has 0 aliphatic rings. The fraction of sp³-hybridized carbons (Fsp3) is 0.211. The number of thiophene rings is 1. The number of carbonyl (C=O) groups is 1. The summed E-state index contributed by atoms with van der Waals surface area (Å²) in [7, 11) is 1.82. The van der Waals surface area contributed by atoms with Gasteiger partial charge in [-0.25, -0.2) is 0 Å². The van der Waals surface area contributed by atoms with Crippen LogP contribution in [0.1, 0.15) is 23.1 Å². The Hall–Kier alpha value is -2.33. The number of rotatable bonds is 5. The first-order valence-electron chi connectivity index (χ1n) is 7.65. The van der Waals surface area contributed by atoms with Crippen LogP contribution in [0.15, 0.2) is 52.3 Å². The molecule has 0 aliphatic heterocycles. The van der Waals surface area contributed by atoms with E-state index in [0.717, 1.165) is 28.7 Å². The van der Waals surface area contributed by atoms with Gasteiger partial charge in [0.15, 0.2) is 0 Å². The predicted molar refractivity (Wildman–Crippen MR) is 95.4 cm³/mol. The molecule has 4 heteroatoms. The minimum absolute atomic E-state index is 0.00858. The third-order valence-electron chi connectivity index (χ3n) is 3.77. The fourth-order valence-corrected chi connectivity index (χ4v) is 3.31. The Morgan fingerprint density at radius 1 is 1.26 bits per heavy atom. The Morgan fingerprint density at radius 3 is 2.83 bits per heavy atom. The van der Waals surface area contributed by atoms with Gasteiger partial charge in [-0.15, -0.1) is 11.3 Å². The SMILES string of the molecule is CCc1oc2ccccc2c1C=CC(=O)N(C)Cc1cccs1. The lowest BCUT2D eigenvalue weighted by atomic mass is 10.1. The number of nitrogens with zero attached hydrogens (tertiary/aromatic N) is 1. The van der Waals surface area contributed by atoms with Crippen LogP contribution in [-0.4, -0.2) is 17.9 Å². The van der Waals surface area contributed by atoms with E-state index in [-0.39, 0.29) is 5.91 Å². The minimum Gasteiger partial charge on any atom is -0.460 e. The fourth-order valence-electron chi connectivity index (χ4n) is 2.56. The topological polar surface area (TPSA) is 33.5 Å². The maximum absolute atomic E-state index is 12.3. The van der Waals surface area contributed by atoms with E-state index in [0.29, 0.717) is 6.54 Å². The zero-order chi connectivity index (χ0) is 16.2. The first-order chi connectivity index (χ1) is 11.2. The molecule has 0 saturated heterocycles. The molecule has 0 N–H and O–H groups in total. The molecule has 2 aromatic heterocycles. The molecule has 23 heavy (non-hydrogen) atoms. The van der Waals surface area contributed by atoms with Crippen LogP contribution in [0.4, 0.5) is 0 Å². The second-order valence-corrected chi connectivity index (χ2v) is 6.43. The molecule has 0 atom stereocenters. The summed E-state index contributed by atoms with van der Waals surface area (Å²) in [6.07, 6.45) is 4.30. The van der Waals surface area contributed by atoms with Crippen molar-refractivity contribution in [3.63, 3.8) is 0 Å². The van der Waals surface area contributed by atoms with Crippen LogP contribution in [0, 0.1) is 0 Å². The molecule has 0 saturated carbocycles. The van der Waals surface area contributed by atoms with Crippen LogP contribution in [-0.2, 0) is 17.8 Å². The van der Waals surface area contributed by atoms with Gasteiger partial charge in [0, 0.05) is 35.4 Å². The van der Waals surface area contributed by atoms with E-state index in [1.165, 1.54) is 4.88 Å². The molecule has 3 nitrogen and oxygen atoms in total. The summed E-state index contributed by atoms with van der Waals surface area (Å²) in [6.45, 7) is 2.69. The largest absolute Gasteiger partial charge is 0.460 e. The number of carbonyl (C=O) groups excluding carboxylic acids is 1. The van der Waals surface area contributed by atoms with Crippen molar-refractivity contribution in [2.45, 2.75) is 19.9 Å². The van der Waals surface area contributed by atoms with Crippen molar-refractivity contribution in [1.29, 1.82) is 0 Å². The third-order valence-corrected chi connectivity index (χ3v) is 4.63. The maximum Gasteiger partial charge on any atom is 0.246 e. The summed E-state index contributed by atoms with van der Waals surface area (Å²) in [5.41, 5.74) is 1.87. The molecule has 0 unspecified atom stereocenters. The van der Waals surface area contributed by atoms with E-state index in [9.17, 15) is 4.79 Å². The minimum atomic E-state index is -0.00858. The first-order valence-corrected chi connectivity index (χ1v) is 8.53. The van der Waals surface area contributed by atoms with Crippen LogP contribution in [0.3, 0.4) is 0 Å². The molecule has 118 valence electrons. The number of likely N-dealkylation sites (N-methyl/N-ethyl adjacent to an activating group) is 1. The van der Waals surface area contributed by atoms with Crippen LogP contribution < -0.4 is 0 Å². The molecular weight excluding hydrogens is 306 g/mol. The highest BCUT2D eigenvalue weighted by atomic mass is 32.1. The molecule has 2 heterocycles. The Morgan fingerprint density at radius 2 is 2.09 bits per heavy atom. The van der Waals surface area contributed by atoms with Crippen molar-refractivity contribution in [2.24, 2.45) is 0 Å². The highest BCUT2D eigenvalue weighted by molar-refractivity contribution is 7.09. The molecule has 1 aromatic carbocycles. The number of amides is 1. The first kappa shape index (κ1) is 15.6. The van der Waals surface area contributed by atoms with Gasteiger partial charge in [0.2, 0.25) is 5.91 Å². The second-order valence-electron chi connectivity index (χ2n) is 5.40. The van der Waals surface area contributed by atoms with Gasteiger partial charge in [0.1, 0.15) is 11.3 Å². The normalized spacial score (nSPS) is 11.4. The maximum atomic E-state index is 12.3. The lowest BCUT2D eigenvalue weighted by molar-refractivity contribution is -0.125. The zero-order valence-corrected chi connectivity index (χ0v) is 14.1. The van der Waals surface area contributed by atoms with E-state index in [4.69, 9.17) is 4.42 Å². The molecular formula is C19H19NO2S. The molecule has 3 aromatic rings. The smallest absolute Gasteiger partial charge is 0.246 e. The summed E-state index contributed by atoms with van der Waals surface area (Å²) in [5, 5.41) is 3.07. The van der Waals surface area contributed by atoms with Crippen molar-refractivity contribution >= 4 is 34.3 Å². The Kier molecular flexibility index (Phi) is 4.63. The van der Waals surface area contributed by atoms with Gasteiger partial charge in [-0.3, -0.25) is 4.79 Å². The second kappa shape index (κ2) is 6.84. The van der Waals surface area contributed by atoms with Gasteiger partial charge >= 0.3 is 0 Å². The molecule has 0 aliphatic carbocycles. The quantitative estimate of drug-likeness (QED) is 0.636. The number of aryl methyl sites for hydroxylation is 1. The number of hydrogen-bond acceptors (Lipinski definition) is 3. The van der Waals surface area contributed by atoms with Crippen molar-refractivity contribution in [3.05, 3.63) is 64.1 Å². The number of fused-ring (bicyclic) bond motifs is 1. The third kappa shape index (κ3) is 3.37. The van der Waals surface area contributed by atoms with E-state index in [1.807, 2.05) is 54.9 Å². The van der Waals surface area contributed by atoms with Gasteiger partial charge in [-0.1, -0.05) is 31.2 Å². The van der Waals surface area contributed by atoms with Crippen molar-refractivity contribution in [1.82, 2.24) is 4.90 Å². The molecule has 0 radical (unpaired) electrons. The van der Waals surface area contributed by atoms with Crippen LogP contribution in [0.5, 0.6) is 0 Å². The lowest BCUT2D eigenvalue weighted by Crippen LogP contribution is -2.23. The van der Waals surface area contributed by atoms with Gasteiger partial charge in [-0.2, -0.15) is 0 Å². The number of benzene rings is 1. The Labute approximate surface area is 139 Å². The summed E-state index contributed by atoms with van der Waals surface area (Å²) in [5.74, 6) is 0.905. The van der Waals surface area contributed by atoms with E-state index < -0.39 is 0 Å². The highest BCUT2D eigenvalue weighted by Gasteiger charge is 2.11. The van der Waals surface area contributed by atoms with Crippen molar-refractivity contribution in [3.8, 4) is 0 Å². The summed E-state index contributed by atoms with van der Waals surface area (Å²) >= 11 is 1.66. The van der Waals surface area contributed by atoms with Crippen molar-refractivity contribution in [2.75, 3.05) is 7.05 Å². The Bertz CT molecular complexity index is 830. The van der Waals surface area contributed by atoms with Crippen LogP contribution >= 0.6 is 11.3 Å².